The van der Waals surface area contributed by atoms with Crippen molar-refractivity contribution in [1.82, 2.24) is 0 Å². The minimum Gasteiger partial charge on any atom is -0.495 e. The molecule has 0 aliphatic heterocycles. The molecule has 134 valence electrons. The number of methoxy groups -OCH3 is 1. The second-order valence-corrected chi connectivity index (χ2v) is 7.21. The van der Waals surface area contributed by atoms with Crippen LogP contribution in [0.2, 0.25) is 0 Å². The molecule has 0 unspecified atom stereocenters. The lowest BCUT2D eigenvalue weighted by atomic mass is 10.1. The Hall–Kier alpha value is -2.61. The number of ether oxygens (including phenoxy) is 1. The summed E-state index contributed by atoms with van der Waals surface area (Å²) in [5, 5.41) is 2.70. The van der Waals surface area contributed by atoms with Crippen molar-refractivity contribution in [3.05, 3.63) is 53.8 Å². The SMILES string of the molecule is COc1ccc(NC(=O)CCc2ccc(F)cc2)cc1NS(C)(=O)=O. The summed E-state index contributed by atoms with van der Waals surface area (Å²) >= 11 is 0. The largest absolute Gasteiger partial charge is 0.495 e. The molecular weight excluding hydrogens is 347 g/mol. The van der Waals surface area contributed by atoms with Gasteiger partial charge in [-0.2, -0.15) is 0 Å². The van der Waals surface area contributed by atoms with Crippen LogP contribution in [0, 0.1) is 5.82 Å². The Labute approximate surface area is 146 Å². The van der Waals surface area contributed by atoms with Crippen LogP contribution in [-0.4, -0.2) is 27.7 Å². The van der Waals surface area contributed by atoms with Gasteiger partial charge in [0.1, 0.15) is 11.6 Å². The summed E-state index contributed by atoms with van der Waals surface area (Å²) < 4.78 is 43.1. The van der Waals surface area contributed by atoms with Crippen LogP contribution in [0.3, 0.4) is 0 Å². The lowest BCUT2D eigenvalue weighted by molar-refractivity contribution is -0.116. The number of carbonyl (C=O) groups excluding carboxylic acids is 1. The zero-order valence-corrected chi connectivity index (χ0v) is 14.7. The molecule has 2 aromatic rings. The van der Waals surface area contributed by atoms with Gasteiger partial charge in [0.2, 0.25) is 15.9 Å². The molecule has 0 saturated heterocycles. The molecule has 0 aromatic heterocycles. The molecule has 0 bridgehead atoms. The number of hydrogen-bond acceptors (Lipinski definition) is 4. The fourth-order valence-electron chi connectivity index (χ4n) is 2.20. The van der Waals surface area contributed by atoms with Crippen molar-refractivity contribution >= 4 is 27.3 Å². The number of hydrogen-bond donors (Lipinski definition) is 2. The number of rotatable bonds is 7. The highest BCUT2D eigenvalue weighted by Crippen LogP contribution is 2.28. The first kappa shape index (κ1) is 18.7. The summed E-state index contributed by atoms with van der Waals surface area (Å²) in [6, 6.07) is 10.6. The Morgan fingerprint density at radius 2 is 1.84 bits per heavy atom. The number of amides is 1. The van der Waals surface area contributed by atoms with E-state index in [4.69, 9.17) is 4.74 Å². The van der Waals surface area contributed by atoms with Crippen LogP contribution >= 0.6 is 0 Å². The zero-order valence-electron chi connectivity index (χ0n) is 13.9. The molecule has 0 aliphatic carbocycles. The van der Waals surface area contributed by atoms with Crippen molar-refractivity contribution < 1.29 is 22.3 Å². The smallest absolute Gasteiger partial charge is 0.229 e. The molecule has 2 N–H and O–H groups in total. The van der Waals surface area contributed by atoms with Crippen LogP contribution in [0.5, 0.6) is 5.75 Å². The average molecular weight is 366 g/mol. The van der Waals surface area contributed by atoms with Gasteiger partial charge in [-0.05, 0) is 42.3 Å². The number of nitrogens with one attached hydrogen (secondary N) is 2. The van der Waals surface area contributed by atoms with Gasteiger partial charge < -0.3 is 10.1 Å². The minimum atomic E-state index is -3.48. The monoisotopic (exact) mass is 366 g/mol. The van der Waals surface area contributed by atoms with Crippen LogP contribution in [-0.2, 0) is 21.2 Å². The molecule has 8 heteroatoms. The maximum Gasteiger partial charge on any atom is 0.229 e. The van der Waals surface area contributed by atoms with Crippen molar-refractivity contribution in [3.63, 3.8) is 0 Å². The second kappa shape index (κ2) is 7.98. The second-order valence-electron chi connectivity index (χ2n) is 5.46. The summed E-state index contributed by atoms with van der Waals surface area (Å²) in [4.78, 5) is 12.0. The minimum absolute atomic E-state index is 0.215. The van der Waals surface area contributed by atoms with E-state index < -0.39 is 10.0 Å². The van der Waals surface area contributed by atoms with E-state index in [1.165, 1.54) is 25.3 Å². The summed E-state index contributed by atoms with van der Waals surface area (Å²) in [6.07, 6.45) is 1.71. The van der Waals surface area contributed by atoms with Gasteiger partial charge in [-0.3, -0.25) is 9.52 Å². The highest BCUT2D eigenvalue weighted by molar-refractivity contribution is 7.92. The van der Waals surface area contributed by atoms with E-state index >= 15 is 0 Å². The van der Waals surface area contributed by atoms with E-state index in [1.54, 1.807) is 24.3 Å². The lowest BCUT2D eigenvalue weighted by Crippen LogP contribution is -2.14. The molecule has 2 rings (SSSR count). The lowest BCUT2D eigenvalue weighted by Gasteiger charge is -2.12. The molecule has 0 atom stereocenters. The quantitative estimate of drug-likeness (QED) is 0.789. The predicted molar refractivity (Wildman–Crippen MR) is 94.8 cm³/mol. The number of aryl methyl sites for hydroxylation is 1. The normalized spacial score (nSPS) is 11.0. The van der Waals surface area contributed by atoms with Crippen molar-refractivity contribution in [3.8, 4) is 5.75 Å². The fourth-order valence-corrected chi connectivity index (χ4v) is 2.76. The third-order valence-corrected chi connectivity index (χ3v) is 3.92. The van der Waals surface area contributed by atoms with E-state index in [9.17, 15) is 17.6 Å². The Morgan fingerprint density at radius 3 is 2.44 bits per heavy atom. The Kier molecular flexibility index (Phi) is 5.97. The van der Waals surface area contributed by atoms with E-state index in [2.05, 4.69) is 10.0 Å². The topological polar surface area (TPSA) is 84.5 Å². The molecule has 0 aliphatic rings. The maximum absolute atomic E-state index is 12.9. The predicted octanol–water partition coefficient (Wildman–Crippen LogP) is 2.78. The fraction of sp³-hybridized carbons (Fsp3) is 0.235. The molecule has 2 aromatic carbocycles. The van der Waals surface area contributed by atoms with Gasteiger partial charge in [0, 0.05) is 12.1 Å². The van der Waals surface area contributed by atoms with Crippen molar-refractivity contribution in [2.45, 2.75) is 12.8 Å². The molecule has 6 nitrogen and oxygen atoms in total. The first-order valence-electron chi connectivity index (χ1n) is 7.47. The van der Waals surface area contributed by atoms with E-state index in [-0.39, 0.29) is 23.8 Å². The van der Waals surface area contributed by atoms with Crippen LogP contribution in [0.25, 0.3) is 0 Å². The van der Waals surface area contributed by atoms with E-state index in [0.717, 1.165) is 11.8 Å². The molecule has 0 radical (unpaired) electrons. The van der Waals surface area contributed by atoms with Crippen molar-refractivity contribution in [2.24, 2.45) is 0 Å². The van der Waals surface area contributed by atoms with Gasteiger partial charge in [0.25, 0.3) is 0 Å². The first-order chi connectivity index (χ1) is 11.8. The summed E-state index contributed by atoms with van der Waals surface area (Å²) in [5.41, 5.74) is 1.53. The summed E-state index contributed by atoms with van der Waals surface area (Å²) in [7, 11) is -2.06. The molecule has 0 saturated carbocycles. The molecule has 0 fully saturated rings. The first-order valence-corrected chi connectivity index (χ1v) is 9.36. The molecule has 0 heterocycles. The molecule has 0 spiro atoms. The van der Waals surface area contributed by atoms with Crippen molar-refractivity contribution in [1.29, 1.82) is 0 Å². The van der Waals surface area contributed by atoms with Crippen molar-refractivity contribution in [2.75, 3.05) is 23.4 Å². The average Bonchev–Trinajstić information content (AvgIpc) is 2.53. The molecule has 1 amide bonds. The maximum atomic E-state index is 12.9. The van der Waals surface area contributed by atoms with Gasteiger partial charge in [-0.1, -0.05) is 12.1 Å². The Bertz CT molecular complexity index is 851. The van der Waals surface area contributed by atoms with Gasteiger partial charge in [-0.15, -0.1) is 0 Å². The van der Waals surface area contributed by atoms with E-state index in [0.29, 0.717) is 17.9 Å². The highest BCUT2D eigenvalue weighted by Gasteiger charge is 2.11. The van der Waals surface area contributed by atoms with Crippen LogP contribution in [0.4, 0.5) is 15.8 Å². The number of anilines is 2. The highest BCUT2D eigenvalue weighted by atomic mass is 32.2. The Morgan fingerprint density at radius 1 is 1.16 bits per heavy atom. The molecular formula is C17H19FN2O4S. The third kappa shape index (κ3) is 6.07. The summed E-state index contributed by atoms with van der Waals surface area (Å²) in [6.45, 7) is 0. The van der Waals surface area contributed by atoms with Crippen LogP contribution in [0.1, 0.15) is 12.0 Å². The number of carbonyl (C=O) groups is 1. The summed E-state index contributed by atoms with van der Waals surface area (Å²) in [5.74, 6) is -0.216. The van der Waals surface area contributed by atoms with Gasteiger partial charge >= 0.3 is 0 Å². The Balaban J connectivity index is 2.02. The third-order valence-electron chi connectivity index (χ3n) is 3.33. The van der Waals surface area contributed by atoms with Gasteiger partial charge in [0.05, 0.1) is 19.1 Å². The van der Waals surface area contributed by atoms with Gasteiger partial charge in [0.15, 0.2) is 0 Å². The number of halogens is 1. The number of benzene rings is 2. The number of sulfonamides is 1. The zero-order chi connectivity index (χ0) is 18.4. The van der Waals surface area contributed by atoms with Crippen LogP contribution < -0.4 is 14.8 Å². The van der Waals surface area contributed by atoms with E-state index in [1.807, 2.05) is 0 Å². The van der Waals surface area contributed by atoms with Crippen LogP contribution in [0.15, 0.2) is 42.5 Å². The molecule has 25 heavy (non-hydrogen) atoms. The standard InChI is InChI=1S/C17H19FN2O4S/c1-24-16-9-8-14(11-15(16)20-25(2,22)23)19-17(21)10-5-12-3-6-13(18)7-4-12/h3-4,6-9,11,20H,5,10H2,1-2H3,(H,19,21). The van der Waals surface area contributed by atoms with Gasteiger partial charge in [-0.25, -0.2) is 12.8 Å².